The number of phenols is 1. The number of carbonyl (C=O) groups excluding carboxylic acids is 3. The van der Waals surface area contributed by atoms with Crippen molar-refractivity contribution in [3.8, 4) is 5.75 Å². The summed E-state index contributed by atoms with van der Waals surface area (Å²) in [6.45, 7) is 1.30. The van der Waals surface area contributed by atoms with Gasteiger partial charge in [-0.1, -0.05) is 30.3 Å². The maximum Gasteiger partial charge on any atom is 0.342 e. The fraction of sp³-hybridized carbons (Fsp3) is 0.136. The van der Waals surface area contributed by atoms with Gasteiger partial charge in [0.25, 0.3) is 0 Å². The van der Waals surface area contributed by atoms with Crippen molar-refractivity contribution in [2.45, 2.75) is 12.8 Å². The molecule has 2 N–H and O–H groups in total. The zero-order valence-corrected chi connectivity index (χ0v) is 15.1. The molecule has 0 radical (unpaired) electrons. The van der Waals surface area contributed by atoms with Crippen molar-refractivity contribution in [3.05, 3.63) is 71.3 Å². The van der Waals surface area contributed by atoms with Crippen molar-refractivity contribution in [2.24, 2.45) is 0 Å². The lowest BCUT2D eigenvalue weighted by molar-refractivity contribution is -0.116. The van der Waals surface area contributed by atoms with Crippen LogP contribution in [0.5, 0.6) is 5.75 Å². The predicted octanol–water partition coefficient (Wildman–Crippen LogP) is 3.64. The van der Waals surface area contributed by atoms with E-state index >= 15 is 0 Å². The Hall–Kier alpha value is -3.67. The van der Waals surface area contributed by atoms with Crippen LogP contribution >= 0.6 is 0 Å². The van der Waals surface area contributed by atoms with Gasteiger partial charge in [0, 0.05) is 16.6 Å². The third-order valence-corrected chi connectivity index (χ3v) is 4.95. The van der Waals surface area contributed by atoms with Crippen LogP contribution in [0.15, 0.2) is 54.6 Å². The van der Waals surface area contributed by atoms with Gasteiger partial charge in [-0.05, 0) is 42.1 Å². The number of nitrogens with one attached hydrogen (secondary N) is 1. The molecule has 0 bridgehead atoms. The van der Waals surface area contributed by atoms with Gasteiger partial charge in [-0.2, -0.15) is 0 Å². The summed E-state index contributed by atoms with van der Waals surface area (Å²) < 4.78 is 5.11. The van der Waals surface area contributed by atoms with Crippen molar-refractivity contribution in [1.29, 1.82) is 0 Å². The lowest BCUT2D eigenvalue weighted by atomic mass is 9.99. The summed E-state index contributed by atoms with van der Waals surface area (Å²) in [5, 5.41) is 14.4. The average molecular weight is 375 g/mol. The Balaban J connectivity index is 1.49. The van der Waals surface area contributed by atoms with Crippen molar-refractivity contribution < 1.29 is 24.2 Å². The second kappa shape index (κ2) is 6.81. The summed E-state index contributed by atoms with van der Waals surface area (Å²) in [4.78, 5) is 36.5. The summed E-state index contributed by atoms with van der Waals surface area (Å²) in [5.74, 6) is -1.78. The number of hydrogen-bond donors (Lipinski definition) is 2. The number of esters is 1. The monoisotopic (exact) mass is 375 g/mol. The first-order valence-corrected chi connectivity index (χ1v) is 8.81. The second-order valence-electron chi connectivity index (χ2n) is 6.70. The molecule has 140 valence electrons. The summed E-state index contributed by atoms with van der Waals surface area (Å²) in [7, 11) is 0. The first-order valence-electron chi connectivity index (χ1n) is 8.81. The number of ether oxygens (including phenoxy) is 1. The van der Waals surface area contributed by atoms with Crippen LogP contribution in [-0.4, -0.2) is 29.4 Å². The van der Waals surface area contributed by atoms with Crippen LogP contribution in [0.3, 0.4) is 0 Å². The van der Waals surface area contributed by atoms with Gasteiger partial charge in [0.2, 0.25) is 5.91 Å². The molecule has 6 heteroatoms. The first-order chi connectivity index (χ1) is 13.5. The summed E-state index contributed by atoms with van der Waals surface area (Å²) in [5.41, 5.74) is 1.79. The molecule has 1 aliphatic heterocycles. The molecule has 4 rings (SSSR count). The summed E-state index contributed by atoms with van der Waals surface area (Å²) in [6, 6.07) is 15.2. The lowest BCUT2D eigenvalue weighted by Crippen LogP contribution is -2.14. The molecular weight excluding hydrogens is 358 g/mol. The molecular formula is C22H17NO5. The normalized spacial score (nSPS) is 15.2. The number of rotatable bonds is 4. The number of anilines is 1. The fourth-order valence-corrected chi connectivity index (χ4v) is 3.30. The van der Waals surface area contributed by atoms with Crippen molar-refractivity contribution in [1.82, 2.24) is 0 Å². The molecule has 1 aliphatic rings. The summed E-state index contributed by atoms with van der Waals surface area (Å²) in [6.07, 6.45) is 0. The Labute approximate surface area is 160 Å². The Morgan fingerprint density at radius 2 is 1.89 bits per heavy atom. The van der Waals surface area contributed by atoms with Gasteiger partial charge in [0.05, 0.1) is 5.92 Å². The van der Waals surface area contributed by atoms with E-state index in [2.05, 4.69) is 5.32 Å². The van der Waals surface area contributed by atoms with E-state index in [9.17, 15) is 19.5 Å². The van der Waals surface area contributed by atoms with E-state index in [1.54, 1.807) is 43.3 Å². The molecule has 0 saturated carbocycles. The molecule has 0 unspecified atom stereocenters. The molecule has 28 heavy (non-hydrogen) atoms. The van der Waals surface area contributed by atoms with Crippen molar-refractivity contribution in [3.63, 3.8) is 0 Å². The molecule has 0 spiro atoms. The smallest absolute Gasteiger partial charge is 0.342 e. The third kappa shape index (κ3) is 2.99. The van der Waals surface area contributed by atoms with Gasteiger partial charge in [0.1, 0.15) is 11.3 Å². The van der Waals surface area contributed by atoms with Gasteiger partial charge < -0.3 is 15.2 Å². The SMILES string of the molecule is C[C@H]1C(=O)Nc2ccc(C(=O)COC(=O)c3ccc4ccccc4c3O)cc21. The number of amides is 1. The van der Waals surface area contributed by atoms with Crippen molar-refractivity contribution in [2.75, 3.05) is 11.9 Å². The fourth-order valence-electron chi connectivity index (χ4n) is 3.30. The zero-order chi connectivity index (χ0) is 19.8. The molecule has 3 aromatic rings. The Kier molecular flexibility index (Phi) is 4.31. The molecule has 6 nitrogen and oxygen atoms in total. The molecule has 1 atom stereocenters. The minimum Gasteiger partial charge on any atom is -0.506 e. The lowest BCUT2D eigenvalue weighted by Gasteiger charge is -2.09. The van der Waals surface area contributed by atoms with Gasteiger partial charge in [-0.15, -0.1) is 0 Å². The highest BCUT2D eigenvalue weighted by molar-refractivity contribution is 6.06. The number of carbonyl (C=O) groups is 3. The highest BCUT2D eigenvalue weighted by Gasteiger charge is 2.27. The molecule has 0 saturated heterocycles. The van der Waals surface area contributed by atoms with E-state index in [1.165, 1.54) is 6.07 Å². The maximum atomic E-state index is 12.4. The van der Waals surface area contributed by atoms with E-state index < -0.39 is 12.6 Å². The van der Waals surface area contributed by atoms with Crippen LogP contribution < -0.4 is 5.32 Å². The molecule has 0 aromatic heterocycles. The Morgan fingerprint density at radius 1 is 1.11 bits per heavy atom. The van der Waals surface area contributed by atoms with Crippen LogP contribution in [0.1, 0.15) is 39.1 Å². The van der Waals surface area contributed by atoms with E-state index in [0.29, 0.717) is 16.6 Å². The van der Waals surface area contributed by atoms with Gasteiger partial charge >= 0.3 is 5.97 Å². The average Bonchev–Trinajstić information content (AvgIpc) is 2.99. The maximum absolute atomic E-state index is 12.4. The van der Waals surface area contributed by atoms with Crippen LogP contribution in [0.25, 0.3) is 10.8 Å². The zero-order valence-electron chi connectivity index (χ0n) is 15.1. The van der Waals surface area contributed by atoms with Gasteiger partial charge in [0.15, 0.2) is 12.4 Å². The summed E-state index contributed by atoms with van der Waals surface area (Å²) >= 11 is 0. The number of aromatic hydroxyl groups is 1. The molecule has 0 fully saturated rings. The number of phenolic OH excluding ortho intramolecular Hbond substituents is 1. The number of benzene rings is 3. The van der Waals surface area contributed by atoms with E-state index in [4.69, 9.17) is 4.74 Å². The van der Waals surface area contributed by atoms with Gasteiger partial charge in [-0.25, -0.2) is 4.79 Å². The topological polar surface area (TPSA) is 92.7 Å². The van der Waals surface area contributed by atoms with Crippen LogP contribution in [-0.2, 0) is 9.53 Å². The minimum absolute atomic E-state index is 0.00359. The van der Waals surface area contributed by atoms with Crippen LogP contribution in [0.2, 0.25) is 0 Å². The molecule has 0 aliphatic carbocycles. The number of fused-ring (bicyclic) bond motifs is 2. The highest BCUT2D eigenvalue weighted by Crippen LogP contribution is 2.33. The first kappa shape index (κ1) is 17.7. The quantitative estimate of drug-likeness (QED) is 0.536. The predicted molar refractivity (Wildman–Crippen MR) is 104 cm³/mol. The minimum atomic E-state index is -0.775. The number of Topliss-reactive ketones (excluding diaryl/α,β-unsaturated/α-hetero) is 1. The molecule has 1 heterocycles. The standard InChI is InChI=1S/C22H17NO5/c1-12-17-10-14(7-9-18(17)23-21(12)26)19(24)11-28-22(27)16-8-6-13-4-2-3-5-15(13)20(16)25/h2-10,12,25H,11H2,1H3,(H,23,26)/t12-/m1/s1. The van der Waals surface area contributed by atoms with Gasteiger partial charge in [-0.3, -0.25) is 9.59 Å². The van der Waals surface area contributed by atoms with Crippen molar-refractivity contribution >= 4 is 34.1 Å². The Bertz CT molecular complexity index is 1130. The highest BCUT2D eigenvalue weighted by atomic mass is 16.5. The molecule has 1 amide bonds. The van der Waals surface area contributed by atoms with E-state index in [-0.39, 0.29) is 28.9 Å². The number of ketones is 1. The Morgan fingerprint density at radius 3 is 2.71 bits per heavy atom. The third-order valence-electron chi connectivity index (χ3n) is 4.95. The largest absolute Gasteiger partial charge is 0.506 e. The van der Waals surface area contributed by atoms with Crippen LogP contribution in [0.4, 0.5) is 5.69 Å². The molecule has 3 aromatic carbocycles. The van der Waals surface area contributed by atoms with E-state index in [0.717, 1.165) is 10.9 Å². The van der Waals surface area contributed by atoms with Crippen LogP contribution in [0, 0.1) is 0 Å². The van der Waals surface area contributed by atoms with E-state index in [1.807, 2.05) is 12.1 Å². The second-order valence-corrected chi connectivity index (χ2v) is 6.70. The number of hydrogen-bond acceptors (Lipinski definition) is 5.